The first kappa shape index (κ1) is 11.6. The molecule has 0 saturated heterocycles. The summed E-state index contributed by atoms with van der Waals surface area (Å²) in [5.74, 6) is 0. The summed E-state index contributed by atoms with van der Waals surface area (Å²) < 4.78 is 0. The molecule has 0 spiro atoms. The van der Waals surface area contributed by atoms with E-state index in [-0.39, 0.29) is 10.6 Å². The van der Waals surface area contributed by atoms with E-state index in [1.165, 1.54) is 11.8 Å². The second-order valence-electron chi connectivity index (χ2n) is 3.50. The summed E-state index contributed by atoms with van der Waals surface area (Å²) in [5, 5.41) is 11.7. The molecule has 2 rings (SSSR count). The van der Waals surface area contributed by atoms with Crippen molar-refractivity contribution < 1.29 is 4.92 Å². The molecule has 0 N–H and O–H groups in total. The largest absolute Gasteiger partial charge is 0.283 e. The second-order valence-corrected chi connectivity index (χ2v) is 4.56. The van der Waals surface area contributed by atoms with Crippen molar-refractivity contribution in [3.8, 4) is 0 Å². The standard InChI is InChI=1S/C12H10N2O2S/c1-9-5-6-11(10(8-9)14(15)16)17-12-4-2-3-7-13-12/h2-8H,1H3. The van der Waals surface area contributed by atoms with Crippen LogP contribution in [0.15, 0.2) is 52.5 Å². The van der Waals surface area contributed by atoms with Gasteiger partial charge in [-0.2, -0.15) is 0 Å². The van der Waals surface area contributed by atoms with Gasteiger partial charge in [-0.1, -0.05) is 23.9 Å². The van der Waals surface area contributed by atoms with Gasteiger partial charge in [-0.3, -0.25) is 10.1 Å². The van der Waals surface area contributed by atoms with Gasteiger partial charge in [0.25, 0.3) is 5.69 Å². The first-order valence-electron chi connectivity index (χ1n) is 5.01. The topological polar surface area (TPSA) is 56.0 Å². The number of benzene rings is 1. The molecule has 0 atom stereocenters. The highest BCUT2D eigenvalue weighted by molar-refractivity contribution is 7.99. The van der Waals surface area contributed by atoms with E-state index in [2.05, 4.69) is 4.98 Å². The SMILES string of the molecule is Cc1ccc(Sc2ccccn2)c([N+](=O)[O-])c1. The molecule has 17 heavy (non-hydrogen) atoms. The fourth-order valence-corrected chi connectivity index (χ4v) is 2.24. The molecule has 0 radical (unpaired) electrons. The molecule has 1 heterocycles. The highest BCUT2D eigenvalue weighted by Gasteiger charge is 2.14. The number of nitro groups is 1. The van der Waals surface area contributed by atoms with Crippen molar-refractivity contribution in [3.05, 3.63) is 58.3 Å². The van der Waals surface area contributed by atoms with Crippen molar-refractivity contribution in [2.75, 3.05) is 0 Å². The summed E-state index contributed by atoms with van der Waals surface area (Å²) in [5.41, 5.74) is 1.00. The van der Waals surface area contributed by atoms with Gasteiger partial charge in [-0.05, 0) is 30.7 Å². The van der Waals surface area contributed by atoms with Crippen LogP contribution in [0, 0.1) is 17.0 Å². The van der Waals surface area contributed by atoms with Crippen LogP contribution in [-0.2, 0) is 0 Å². The summed E-state index contributed by atoms with van der Waals surface area (Å²) in [6, 6.07) is 10.7. The second kappa shape index (κ2) is 4.97. The summed E-state index contributed by atoms with van der Waals surface area (Å²) in [4.78, 5) is 15.3. The van der Waals surface area contributed by atoms with Crippen LogP contribution in [0.3, 0.4) is 0 Å². The Morgan fingerprint density at radius 2 is 2.12 bits per heavy atom. The quantitative estimate of drug-likeness (QED) is 0.614. The molecule has 0 amide bonds. The molecule has 0 aliphatic heterocycles. The Kier molecular flexibility index (Phi) is 3.39. The zero-order valence-electron chi connectivity index (χ0n) is 9.16. The van der Waals surface area contributed by atoms with E-state index >= 15 is 0 Å². The Morgan fingerprint density at radius 3 is 2.76 bits per heavy atom. The maximum absolute atomic E-state index is 10.9. The van der Waals surface area contributed by atoms with Crippen LogP contribution < -0.4 is 0 Å². The molecule has 0 saturated carbocycles. The van der Waals surface area contributed by atoms with Gasteiger partial charge in [0.05, 0.1) is 9.82 Å². The number of rotatable bonds is 3. The van der Waals surface area contributed by atoms with Gasteiger partial charge in [-0.15, -0.1) is 0 Å². The minimum Gasteiger partial charge on any atom is -0.258 e. The van der Waals surface area contributed by atoms with Gasteiger partial charge in [0.2, 0.25) is 0 Å². The Balaban J connectivity index is 2.36. The van der Waals surface area contributed by atoms with E-state index in [1.54, 1.807) is 18.3 Å². The summed E-state index contributed by atoms with van der Waals surface area (Å²) in [6.07, 6.45) is 1.67. The van der Waals surface area contributed by atoms with Crippen LogP contribution >= 0.6 is 11.8 Å². The van der Waals surface area contributed by atoms with Gasteiger partial charge in [0, 0.05) is 12.3 Å². The number of nitro benzene ring substituents is 1. The molecular weight excluding hydrogens is 236 g/mol. The van der Waals surface area contributed by atoms with E-state index in [0.717, 1.165) is 10.6 Å². The monoisotopic (exact) mass is 246 g/mol. The molecule has 2 aromatic rings. The summed E-state index contributed by atoms with van der Waals surface area (Å²) >= 11 is 1.30. The number of hydrogen-bond donors (Lipinski definition) is 0. The van der Waals surface area contributed by atoms with Gasteiger partial charge in [-0.25, -0.2) is 4.98 Å². The third-order valence-electron chi connectivity index (χ3n) is 2.16. The van der Waals surface area contributed by atoms with Gasteiger partial charge < -0.3 is 0 Å². The Hall–Kier alpha value is -1.88. The molecule has 0 aliphatic carbocycles. The normalized spacial score (nSPS) is 10.2. The lowest BCUT2D eigenvalue weighted by Gasteiger charge is -2.02. The van der Waals surface area contributed by atoms with E-state index < -0.39 is 0 Å². The van der Waals surface area contributed by atoms with Gasteiger partial charge in [0.15, 0.2) is 0 Å². The van der Waals surface area contributed by atoms with Crippen LogP contribution in [0.2, 0.25) is 0 Å². The van der Waals surface area contributed by atoms with Crippen molar-refractivity contribution in [2.45, 2.75) is 16.8 Å². The molecule has 4 nitrogen and oxygen atoms in total. The predicted molar refractivity (Wildman–Crippen MR) is 66.2 cm³/mol. The lowest BCUT2D eigenvalue weighted by Crippen LogP contribution is -1.91. The first-order valence-corrected chi connectivity index (χ1v) is 5.82. The highest BCUT2D eigenvalue weighted by Crippen LogP contribution is 2.33. The molecule has 5 heteroatoms. The summed E-state index contributed by atoms with van der Waals surface area (Å²) in [6.45, 7) is 1.84. The Bertz CT molecular complexity index is 543. The van der Waals surface area contributed by atoms with Crippen molar-refractivity contribution in [1.29, 1.82) is 0 Å². The van der Waals surface area contributed by atoms with Crippen LogP contribution in [0.1, 0.15) is 5.56 Å². The third kappa shape index (κ3) is 2.82. The molecule has 0 bridgehead atoms. The molecular formula is C12H10N2O2S. The maximum atomic E-state index is 10.9. The number of aromatic nitrogens is 1. The Labute approximate surface area is 103 Å². The average Bonchev–Trinajstić information content (AvgIpc) is 2.32. The van der Waals surface area contributed by atoms with Crippen LogP contribution in [-0.4, -0.2) is 9.91 Å². The fourth-order valence-electron chi connectivity index (χ4n) is 1.38. The van der Waals surface area contributed by atoms with E-state index in [1.807, 2.05) is 31.2 Å². The van der Waals surface area contributed by atoms with Crippen LogP contribution in [0.5, 0.6) is 0 Å². The number of nitrogens with zero attached hydrogens (tertiary/aromatic N) is 2. The lowest BCUT2D eigenvalue weighted by molar-refractivity contribution is -0.387. The first-order chi connectivity index (χ1) is 8.16. The van der Waals surface area contributed by atoms with E-state index in [0.29, 0.717) is 4.90 Å². The van der Waals surface area contributed by atoms with Crippen LogP contribution in [0.4, 0.5) is 5.69 Å². The highest BCUT2D eigenvalue weighted by atomic mass is 32.2. The van der Waals surface area contributed by atoms with Crippen molar-refractivity contribution in [3.63, 3.8) is 0 Å². The zero-order chi connectivity index (χ0) is 12.3. The van der Waals surface area contributed by atoms with Gasteiger partial charge in [0.1, 0.15) is 5.03 Å². The predicted octanol–water partition coefficient (Wildman–Crippen LogP) is 3.45. The fraction of sp³-hybridized carbons (Fsp3) is 0.0833. The van der Waals surface area contributed by atoms with Crippen molar-refractivity contribution >= 4 is 17.4 Å². The Morgan fingerprint density at radius 1 is 1.29 bits per heavy atom. The molecule has 1 aromatic carbocycles. The average molecular weight is 246 g/mol. The lowest BCUT2D eigenvalue weighted by atomic mass is 10.2. The minimum atomic E-state index is -0.363. The smallest absolute Gasteiger partial charge is 0.258 e. The van der Waals surface area contributed by atoms with Crippen LogP contribution in [0.25, 0.3) is 0 Å². The van der Waals surface area contributed by atoms with E-state index in [9.17, 15) is 10.1 Å². The number of aryl methyl sites for hydroxylation is 1. The summed E-state index contributed by atoms with van der Waals surface area (Å²) in [7, 11) is 0. The van der Waals surface area contributed by atoms with Crippen molar-refractivity contribution in [1.82, 2.24) is 4.98 Å². The van der Waals surface area contributed by atoms with Gasteiger partial charge >= 0.3 is 0 Å². The third-order valence-corrected chi connectivity index (χ3v) is 3.18. The molecule has 86 valence electrons. The molecule has 0 unspecified atom stereocenters. The number of pyridine rings is 1. The zero-order valence-corrected chi connectivity index (χ0v) is 9.98. The molecule has 0 fully saturated rings. The van der Waals surface area contributed by atoms with E-state index in [4.69, 9.17) is 0 Å². The maximum Gasteiger partial charge on any atom is 0.283 e. The minimum absolute atomic E-state index is 0.126. The molecule has 0 aliphatic rings. The number of hydrogen-bond acceptors (Lipinski definition) is 4. The molecule has 1 aromatic heterocycles. The van der Waals surface area contributed by atoms with Crippen molar-refractivity contribution in [2.24, 2.45) is 0 Å².